The van der Waals surface area contributed by atoms with E-state index in [4.69, 9.17) is 17.7 Å². The van der Waals surface area contributed by atoms with Gasteiger partial charge in [-0.05, 0) is 54.4 Å². The molecular formula is C14H32O4Si. The second-order valence-corrected chi connectivity index (χ2v) is 7.45. The van der Waals surface area contributed by atoms with Crippen LogP contribution in [0.2, 0.25) is 0 Å². The van der Waals surface area contributed by atoms with Crippen molar-refractivity contribution in [2.75, 3.05) is 0 Å². The molecule has 0 radical (unpaired) electrons. The van der Waals surface area contributed by atoms with E-state index >= 15 is 0 Å². The third-order valence-electron chi connectivity index (χ3n) is 2.60. The minimum absolute atomic E-state index is 0.0125. The van der Waals surface area contributed by atoms with Gasteiger partial charge < -0.3 is 17.7 Å². The van der Waals surface area contributed by atoms with E-state index in [-0.39, 0.29) is 24.4 Å². The molecule has 2 unspecified atom stereocenters. The first-order valence-corrected chi connectivity index (χ1v) is 9.09. The normalized spacial score (nSPS) is 16.1. The SMILES string of the molecule is CCC(C)O[Si](OC(C)C)(OC(C)C)OC(C)CC. The van der Waals surface area contributed by atoms with Crippen molar-refractivity contribution in [3.63, 3.8) is 0 Å². The fourth-order valence-electron chi connectivity index (χ4n) is 1.40. The second kappa shape index (κ2) is 9.08. The maximum absolute atomic E-state index is 6.05. The molecule has 0 aliphatic carbocycles. The van der Waals surface area contributed by atoms with Gasteiger partial charge in [-0.15, -0.1) is 0 Å². The molecule has 0 rings (SSSR count). The molecule has 0 saturated carbocycles. The fraction of sp³-hybridized carbons (Fsp3) is 1.00. The Morgan fingerprint density at radius 1 is 0.632 bits per heavy atom. The summed E-state index contributed by atoms with van der Waals surface area (Å²) in [5.41, 5.74) is 0. The van der Waals surface area contributed by atoms with Crippen molar-refractivity contribution in [2.45, 2.75) is 92.6 Å². The van der Waals surface area contributed by atoms with Crippen LogP contribution in [0.1, 0.15) is 68.2 Å². The summed E-state index contributed by atoms with van der Waals surface area (Å²) < 4.78 is 24.0. The summed E-state index contributed by atoms with van der Waals surface area (Å²) in [7, 11) is -3.09. The Labute approximate surface area is 120 Å². The highest BCUT2D eigenvalue weighted by Crippen LogP contribution is 2.22. The third-order valence-corrected chi connectivity index (χ3v) is 5.50. The maximum Gasteiger partial charge on any atom is 0.680 e. The summed E-state index contributed by atoms with van der Waals surface area (Å²) in [6, 6.07) is 0. The van der Waals surface area contributed by atoms with E-state index in [0.29, 0.717) is 0 Å². The van der Waals surface area contributed by atoms with Crippen molar-refractivity contribution in [3.05, 3.63) is 0 Å². The van der Waals surface area contributed by atoms with Gasteiger partial charge in [0, 0.05) is 24.4 Å². The highest BCUT2D eigenvalue weighted by Gasteiger charge is 2.49. The minimum atomic E-state index is -3.09. The molecule has 0 aliphatic heterocycles. The van der Waals surface area contributed by atoms with Crippen LogP contribution in [-0.4, -0.2) is 33.5 Å². The van der Waals surface area contributed by atoms with Crippen LogP contribution in [0.5, 0.6) is 0 Å². The highest BCUT2D eigenvalue weighted by molar-refractivity contribution is 6.53. The number of rotatable bonds is 10. The van der Waals surface area contributed by atoms with E-state index in [1.807, 2.05) is 41.5 Å². The van der Waals surface area contributed by atoms with Crippen LogP contribution in [0.25, 0.3) is 0 Å². The van der Waals surface area contributed by atoms with E-state index in [1.54, 1.807) is 0 Å². The Hall–Kier alpha value is 0.0569. The lowest BCUT2D eigenvalue weighted by atomic mass is 10.3. The maximum atomic E-state index is 6.05. The van der Waals surface area contributed by atoms with Crippen LogP contribution in [0.3, 0.4) is 0 Å². The molecule has 0 spiro atoms. The first-order chi connectivity index (χ1) is 8.74. The minimum Gasteiger partial charge on any atom is -0.349 e. The van der Waals surface area contributed by atoms with Gasteiger partial charge in [0.25, 0.3) is 0 Å². The topological polar surface area (TPSA) is 36.9 Å². The lowest BCUT2D eigenvalue weighted by Gasteiger charge is -2.35. The van der Waals surface area contributed by atoms with Gasteiger partial charge in [0.2, 0.25) is 0 Å². The van der Waals surface area contributed by atoms with Gasteiger partial charge >= 0.3 is 9.05 Å². The van der Waals surface area contributed by atoms with Gasteiger partial charge in [-0.25, -0.2) is 0 Å². The molecule has 0 heterocycles. The van der Waals surface area contributed by atoms with Crippen LogP contribution in [0.15, 0.2) is 0 Å². The second-order valence-electron chi connectivity index (χ2n) is 5.51. The predicted octanol–water partition coefficient (Wildman–Crippen LogP) is 3.90. The Morgan fingerprint density at radius 3 is 1.16 bits per heavy atom. The molecule has 4 nitrogen and oxygen atoms in total. The van der Waals surface area contributed by atoms with Crippen LogP contribution < -0.4 is 0 Å². The molecule has 0 amide bonds. The lowest BCUT2D eigenvalue weighted by molar-refractivity contribution is -0.0917. The van der Waals surface area contributed by atoms with Gasteiger partial charge in [0.05, 0.1) is 0 Å². The molecule has 0 aromatic heterocycles. The van der Waals surface area contributed by atoms with E-state index < -0.39 is 9.05 Å². The molecule has 0 aliphatic rings. The molecule has 19 heavy (non-hydrogen) atoms. The number of hydrogen-bond donors (Lipinski definition) is 0. The van der Waals surface area contributed by atoms with Crippen LogP contribution in [-0.2, 0) is 17.7 Å². The van der Waals surface area contributed by atoms with Crippen molar-refractivity contribution in [3.8, 4) is 0 Å². The third kappa shape index (κ3) is 8.04. The fourth-order valence-corrected chi connectivity index (χ4v) is 4.21. The van der Waals surface area contributed by atoms with Gasteiger partial charge in [0.15, 0.2) is 0 Å². The Bertz CT molecular complexity index is 209. The van der Waals surface area contributed by atoms with Gasteiger partial charge in [-0.1, -0.05) is 13.8 Å². The van der Waals surface area contributed by atoms with Crippen LogP contribution in [0, 0.1) is 0 Å². The molecule has 0 N–H and O–H groups in total. The molecule has 0 bridgehead atoms. The van der Waals surface area contributed by atoms with Gasteiger partial charge in [0.1, 0.15) is 0 Å². The average molecular weight is 292 g/mol. The molecule has 5 heteroatoms. The monoisotopic (exact) mass is 292 g/mol. The number of hydrogen-bond acceptors (Lipinski definition) is 4. The molecule has 2 atom stereocenters. The quantitative estimate of drug-likeness (QED) is 0.572. The zero-order valence-corrected chi connectivity index (χ0v) is 14.9. The molecule has 0 aromatic carbocycles. The van der Waals surface area contributed by atoms with E-state index in [0.717, 1.165) is 12.8 Å². The Kier molecular flexibility index (Phi) is 9.10. The van der Waals surface area contributed by atoms with Crippen LogP contribution >= 0.6 is 0 Å². The van der Waals surface area contributed by atoms with Crippen LogP contribution in [0.4, 0.5) is 0 Å². The Morgan fingerprint density at radius 2 is 0.947 bits per heavy atom. The first-order valence-electron chi connectivity index (χ1n) is 7.45. The summed E-state index contributed by atoms with van der Waals surface area (Å²) in [5, 5.41) is 0. The van der Waals surface area contributed by atoms with Gasteiger partial charge in [-0.2, -0.15) is 0 Å². The summed E-state index contributed by atoms with van der Waals surface area (Å²) in [6.07, 6.45) is 1.96. The summed E-state index contributed by atoms with van der Waals surface area (Å²) >= 11 is 0. The molecule has 0 aromatic rings. The Balaban J connectivity index is 5.05. The predicted molar refractivity (Wildman–Crippen MR) is 79.9 cm³/mol. The van der Waals surface area contributed by atoms with Crippen molar-refractivity contribution in [1.29, 1.82) is 0 Å². The van der Waals surface area contributed by atoms with Gasteiger partial charge in [-0.3, -0.25) is 0 Å². The molecule has 0 fully saturated rings. The van der Waals surface area contributed by atoms with E-state index in [1.165, 1.54) is 0 Å². The summed E-state index contributed by atoms with van der Waals surface area (Å²) in [6.45, 7) is 16.1. The van der Waals surface area contributed by atoms with E-state index in [2.05, 4.69) is 13.8 Å². The first kappa shape index (κ1) is 19.1. The smallest absolute Gasteiger partial charge is 0.349 e. The zero-order chi connectivity index (χ0) is 15.1. The summed E-state index contributed by atoms with van der Waals surface area (Å²) in [5.74, 6) is 0. The van der Waals surface area contributed by atoms with Crippen molar-refractivity contribution in [2.24, 2.45) is 0 Å². The highest BCUT2D eigenvalue weighted by atomic mass is 28.4. The molecular weight excluding hydrogens is 260 g/mol. The standard InChI is InChI=1S/C14H32O4Si/c1-9-13(7)17-19(15-11(3)4,16-12(5)6)18-14(8)10-2/h11-14H,9-10H2,1-8H3. The largest absolute Gasteiger partial charge is 0.680 e. The lowest BCUT2D eigenvalue weighted by Crippen LogP contribution is -2.55. The van der Waals surface area contributed by atoms with E-state index in [9.17, 15) is 0 Å². The average Bonchev–Trinajstić information content (AvgIpc) is 2.26. The molecule has 116 valence electrons. The van der Waals surface area contributed by atoms with Crippen molar-refractivity contribution < 1.29 is 17.7 Å². The zero-order valence-electron chi connectivity index (χ0n) is 13.9. The van der Waals surface area contributed by atoms with Crippen molar-refractivity contribution >= 4 is 9.05 Å². The van der Waals surface area contributed by atoms with Crippen molar-refractivity contribution in [1.82, 2.24) is 0 Å². The summed E-state index contributed by atoms with van der Waals surface area (Å²) in [4.78, 5) is 0. The molecule has 0 saturated heterocycles.